The van der Waals surface area contributed by atoms with Crippen LogP contribution in [0.15, 0.2) is 35.0 Å². The Bertz CT molecular complexity index is 446. The molecule has 1 unspecified atom stereocenters. The fourth-order valence-electron chi connectivity index (χ4n) is 1.98. The lowest BCUT2D eigenvalue weighted by molar-refractivity contribution is 0.0237. The van der Waals surface area contributed by atoms with Crippen molar-refractivity contribution in [3.63, 3.8) is 0 Å². The number of nitrogens with one attached hydrogen (secondary N) is 1. The minimum absolute atomic E-state index is 0.156. The molecular weight excluding hydrogens is 290 g/mol. The van der Waals surface area contributed by atoms with E-state index in [1.54, 1.807) is 29.8 Å². The molecule has 2 aromatic heterocycles. The lowest BCUT2D eigenvalue weighted by atomic mass is 10.0. The van der Waals surface area contributed by atoms with Crippen LogP contribution in [0.4, 0.5) is 0 Å². The van der Waals surface area contributed by atoms with Crippen molar-refractivity contribution in [1.82, 2.24) is 5.32 Å². The number of aliphatic hydroxyl groups is 1. The predicted molar refractivity (Wildman–Crippen MR) is 85.6 cm³/mol. The lowest BCUT2D eigenvalue weighted by Gasteiger charge is -2.26. The summed E-state index contributed by atoms with van der Waals surface area (Å²) >= 11 is 3.47. The number of methoxy groups -OCH3 is 1. The molecule has 2 aromatic rings. The summed E-state index contributed by atoms with van der Waals surface area (Å²) in [6, 6.07) is 8.54. The van der Waals surface area contributed by atoms with Crippen LogP contribution in [0, 0.1) is 0 Å². The molecule has 0 aliphatic heterocycles. The maximum absolute atomic E-state index is 10.4. The average Bonchev–Trinajstić information content (AvgIpc) is 3.09. The summed E-state index contributed by atoms with van der Waals surface area (Å²) in [5.41, 5.74) is -0.761. The number of hydrogen-bond donors (Lipinski definition) is 2. The van der Waals surface area contributed by atoms with E-state index in [0.29, 0.717) is 19.6 Å². The number of hydrogen-bond acceptors (Lipinski definition) is 5. The Morgan fingerprint density at radius 1 is 1.25 bits per heavy atom. The van der Waals surface area contributed by atoms with E-state index in [-0.39, 0.29) is 6.04 Å². The van der Waals surface area contributed by atoms with E-state index in [1.807, 2.05) is 6.92 Å². The van der Waals surface area contributed by atoms with Gasteiger partial charge in [0.25, 0.3) is 0 Å². The Hall–Kier alpha value is -0.720. The molecule has 5 heteroatoms. The van der Waals surface area contributed by atoms with Gasteiger partial charge in [0.05, 0.1) is 11.6 Å². The molecule has 110 valence electrons. The van der Waals surface area contributed by atoms with Gasteiger partial charge in [-0.15, -0.1) is 22.7 Å². The highest BCUT2D eigenvalue weighted by molar-refractivity contribution is 7.11. The zero-order valence-corrected chi connectivity index (χ0v) is 13.5. The van der Waals surface area contributed by atoms with Crippen LogP contribution < -0.4 is 5.32 Å². The Labute approximate surface area is 128 Å². The first-order valence-corrected chi connectivity index (χ1v) is 8.40. The fraction of sp³-hybridized carbons (Fsp3) is 0.467. The summed E-state index contributed by atoms with van der Waals surface area (Å²) in [5.74, 6) is 0. The first-order chi connectivity index (χ1) is 9.62. The molecule has 1 atom stereocenters. The molecule has 0 aliphatic rings. The molecule has 0 radical (unpaired) electrons. The molecule has 2 N–H and O–H groups in total. The second-order valence-corrected chi connectivity index (χ2v) is 7.04. The van der Waals surface area contributed by atoms with Gasteiger partial charge in [-0.05, 0) is 29.8 Å². The highest BCUT2D eigenvalue weighted by Gasteiger charge is 2.23. The Balaban J connectivity index is 2.02. The summed E-state index contributed by atoms with van der Waals surface area (Å²) in [7, 11) is 1.66. The first kappa shape index (κ1) is 15.7. The van der Waals surface area contributed by atoms with E-state index in [1.165, 1.54) is 9.75 Å². The van der Waals surface area contributed by atoms with Gasteiger partial charge >= 0.3 is 0 Å². The Kier molecular flexibility index (Phi) is 5.74. The second kappa shape index (κ2) is 7.33. The Morgan fingerprint density at radius 3 is 2.30 bits per heavy atom. The third-order valence-electron chi connectivity index (χ3n) is 3.19. The van der Waals surface area contributed by atoms with Crippen molar-refractivity contribution in [2.45, 2.75) is 25.0 Å². The van der Waals surface area contributed by atoms with Crippen molar-refractivity contribution in [2.75, 3.05) is 20.3 Å². The molecule has 3 nitrogen and oxygen atoms in total. The van der Waals surface area contributed by atoms with E-state index in [2.05, 4.69) is 40.3 Å². The van der Waals surface area contributed by atoms with Gasteiger partial charge in [-0.3, -0.25) is 0 Å². The third kappa shape index (κ3) is 4.40. The zero-order chi connectivity index (χ0) is 14.4. The zero-order valence-electron chi connectivity index (χ0n) is 11.8. The van der Waals surface area contributed by atoms with Crippen molar-refractivity contribution < 1.29 is 9.84 Å². The highest BCUT2D eigenvalue weighted by atomic mass is 32.1. The molecule has 0 saturated heterocycles. The maximum atomic E-state index is 10.4. The summed E-state index contributed by atoms with van der Waals surface area (Å²) in [6.07, 6.45) is 0.623. The smallest absolute Gasteiger partial charge is 0.0765 e. The molecule has 2 heterocycles. The van der Waals surface area contributed by atoms with Crippen LogP contribution in [0.5, 0.6) is 0 Å². The molecule has 0 spiro atoms. The van der Waals surface area contributed by atoms with E-state index in [4.69, 9.17) is 4.74 Å². The molecule has 0 bridgehead atoms. The minimum Gasteiger partial charge on any atom is -0.389 e. The number of thiophene rings is 2. The van der Waals surface area contributed by atoms with Crippen molar-refractivity contribution in [3.8, 4) is 0 Å². The van der Waals surface area contributed by atoms with Crippen LogP contribution in [0.25, 0.3) is 0 Å². The van der Waals surface area contributed by atoms with Crippen molar-refractivity contribution >= 4 is 22.7 Å². The summed E-state index contributed by atoms with van der Waals surface area (Å²) in [4.78, 5) is 2.55. The van der Waals surface area contributed by atoms with Crippen LogP contribution in [0.2, 0.25) is 0 Å². The quantitative estimate of drug-likeness (QED) is 0.786. The average molecular weight is 311 g/mol. The van der Waals surface area contributed by atoms with E-state index < -0.39 is 5.60 Å². The molecular formula is C15H21NO2S2. The predicted octanol–water partition coefficient (Wildman–Crippen LogP) is 3.28. The molecule has 0 amide bonds. The van der Waals surface area contributed by atoms with Crippen molar-refractivity contribution in [2.24, 2.45) is 0 Å². The van der Waals surface area contributed by atoms with E-state index in [0.717, 1.165) is 0 Å². The van der Waals surface area contributed by atoms with Crippen molar-refractivity contribution in [3.05, 3.63) is 44.8 Å². The highest BCUT2D eigenvalue weighted by Crippen LogP contribution is 2.29. The van der Waals surface area contributed by atoms with Crippen LogP contribution >= 0.6 is 22.7 Å². The largest absolute Gasteiger partial charge is 0.389 e. The minimum atomic E-state index is -0.761. The van der Waals surface area contributed by atoms with E-state index in [9.17, 15) is 5.11 Å². The van der Waals surface area contributed by atoms with E-state index >= 15 is 0 Å². The molecule has 0 aliphatic carbocycles. The van der Waals surface area contributed by atoms with Crippen LogP contribution in [0.3, 0.4) is 0 Å². The standard InChI is InChI=1S/C15H21NO2S2/c1-15(17,7-8-18-2)11-16-14(12-5-3-9-19-12)13-6-4-10-20-13/h3-6,9-10,14,16-17H,7-8,11H2,1-2H3. The van der Waals surface area contributed by atoms with Gasteiger partial charge in [0.1, 0.15) is 0 Å². The van der Waals surface area contributed by atoms with Crippen LogP contribution in [-0.2, 0) is 4.74 Å². The van der Waals surface area contributed by atoms with Gasteiger partial charge in [0.2, 0.25) is 0 Å². The van der Waals surface area contributed by atoms with Gasteiger partial charge in [-0.2, -0.15) is 0 Å². The van der Waals surface area contributed by atoms with Gasteiger partial charge in [0.15, 0.2) is 0 Å². The normalized spacial score (nSPS) is 14.6. The maximum Gasteiger partial charge on any atom is 0.0765 e. The molecule has 20 heavy (non-hydrogen) atoms. The van der Waals surface area contributed by atoms with Gasteiger partial charge in [0, 0.05) is 36.4 Å². The second-order valence-electron chi connectivity index (χ2n) is 5.08. The monoisotopic (exact) mass is 311 g/mol. The van der Waals surface area contributed by atoms with Gasteiger partial charge < -0.3 is 15.2 Å². The first-order valence-electron chi connectivity index (χ1n) is 6.64. The molecule has 2 rings (SSSR count). The summed E-state index contributed by atoms with van der Waals surface area (Å²) in [6.45, 7) is 2.95. The fourth-order valence-corrected chi connectivity index (χ4v) is 3.69. The SMILES string of the molecule is COCCC(C)(O)CNC(c1cccs1)c1cccs1. The number of ether oxygens (including phenoxy) is 1. The lowest BCUT2D eigenvalue weighted by Crippen LogP contribution is -2.40. The third-order valence-corrected chi connectivity index (χ3v) is 5.06. The Morgan fingerprint density at radius 2 is 1.85 bits per heavy atom. The van der Waals surface area contributed by atoms with Crippen LogP contribution in [-0.4, -0.2) is 31.0 Å². The summed E-state index contributed by atoms with van der Waals surface area (Å²) in [5, 5.41) is 18.0. The molecule has 0 fully saturated rings. The van der Waals surface area contributed by atoms with Crippen LogP contribution in [0.1, 0.15) is 29.1 Å². The van der Waals surface area contributed by atoms with Gasteiger partial charge in [-0.1, -0.05) is 12.1 Å². The van der Waals surface area contributed by atoms with Gasteiger partial charge in [-0.25, -0.2) is 0 Å². The molecule has 0 aromatic carbocycles. The topological polar surface area (TPSA) is 41.5 Å². The number of rotatable bonds is 8. The molecule has 0 saturated carbocycles. The van der Waals surface area contributed by atoms with Crippen molar-refractivity contribution in [1.29, 1.82) is 0 Å². The summed E-state index contributed by atoms with van der Waals surface area (Å²) < 4.78 is 5.05.